The number of ether oxygens (including phenoxy) is 3. The Kier molecular flexibility index (Phi) is 11.0. The summed E-state index contributed by atoms with van der Waals surface area (Å²) in [7, 11) is -6.08. The molecule has 4 rings (SSSR count). The third-order valence-corrected chi connectivity index (χ3v) is 13.7. The predicted octanol–water partition coefficient (Wildman–Crippen LogP) is 6.02. The van der Waals surface area contributed by atoms with Crippen LogP contribution in [-0.4, -0.2) is 74.4 Å². The minimum atomic E-state index is -4.02. The van der Waals surface area contributed by atoms with Gasteiger partial charge in [0.15, 0.2) is 6.23 Å². The standard InChI is InChI=1S/C31H46N4O7SSi/c1-23(22-43(36,37)38)21-40-16-15-39-14-12-34-20-24(17-25(34)19-32)30-27-18-26(42-44(5,6)31(2,3)4)10-11-28(27)35(33-30)29-9-7-8-13-41-29/h10-11,17-18,20,23,29H,7-9,12-16,21-22H2,1-6H3,(H,36,37,38)/t23-,29?/m1/s1. The maximum absolute atomic E-state index is 11.0. The molecule has 1 saturated heterocycles. The van der Waals surface area contributed by atoms with E-state index in [-0.39, 0.29) is 29.5 Å². The molecule has 11 nitrogen and oxygen atoms in total. The van der Waals surface area contributed by atoms with Gasteiger partial charge in [0.2, 0.25) is 8.32 Å². The molecule has 1 N–H and O–H groups in total. The lowest BCUT2D eigenvalue weighted by Crippen LogP contribution is -2.43. The molecule has 242 valence electrons. The van der Waals surface area contributed by atoms with Gasteiger partial charge in [-0.25, -0.2) is 4.68 Å². The lowest BCUT2D eigenvalue weighted by molar-refractivity contribution is -0.0365. The predicted molar refractivity (Wildman–Crippen MR) is 172 cm³/mol. The fourth-order valence-electron chi connectivity index (χ4n) is 4.97. The van der Waals surface area contributed by atoms with Crippen molar-refractivity contribution in [3.63, 3.8) is 0 Å². The number of fused-ring (bicyclic) bond motifs is 1. The molecule has 0 spiro atoms. The Morgan fingerprint density at radius 3 is 2.59 bits per heavy atom. The van der Waals surface area contributed by atoms with Gasteiger partial charge in [-0.2, -0.15) is 18.8 Å². The van der Waals surface area contributed by atoms with Crippen molar-refractivity contribution in [3.8, 4) is 23.1 Å². The van der Waals surface area contributed by atoms with Crippen molar-refractivity contribution in [2.75, 3.05) is 38.8 Å². The molecule has 44 heavy (non-hydrogen) atoms. The van der Waals surface area contributed by atoms with Gasteiger partial charge in [-0.15, -0.1) is 0 Å². The van der Waals surface area contributed by atoms with Crippen LogP contribution in [0.15, 0.2) is 30.5 Å². The second-order valence-corrected chi connectivity index (χ2v) is 19.3. The third-order valence-electron chi connectivity index (χ3n) is 8.32. The Bertz CT molecular complexity index is 1560. The lowest BCUT2D eigenvalue weighted by atomic mass is 10.1. The SMILES string of the molecule is C[C@H](COCCOCCn1cc(-c2nn(C3CCCCO3)c3ccc(O[Si](C)(C)C(C)(C)C)cc23)cc1C#N)CS(=O)(=O)O. The summed E-state index contributed by atoms with van der Waals surface area (Å²) in [5.74, 6) is 0.158. The summed E-state index contributed by atoms with van der Waals surface area (Å²) < 4.78 is 58.6. The molecule has 1 aromatic carbocycles. The van der Waals surface area contributed by atoms with Crippen LogP contribution in [0, 0.1) is 17.2 Å². The average molecular weight is 647 g/mol. The molecule has 2 aromatic heterocycles. The molecule has 1 aliphatic heterocycles. The van der Waals surface area contributed by atoms with Crippen molar-refractivity contribution in [2.45, 2.75) is 77.9 Å². The molecule has 0 bridgehead atoms. The largest absolute Gasteiger partial charge is 0.543 e. The van der Waals surface area contributed by atoms with Crippen LogP contribution in [0.25, 0.3) is 22.2 Å². The average Bonchev–Trinajstić information content (AvgIpc) is 3.52. The monoisotopic (exact) mass is 646 g/mol. The van der Waals surface area contributed by atoms with E-state index >= 15 is 0 Å². The van der Waals surface area contributed by atoms with Gasteiger partial charge in [0.1, 0.15) is 23.2 Å². The van der Waals surface area contributed by atoms with Crippen LogP contribution >= 0.6 is 0 Å². The number of benzene rings is 1. The molecule has 3 heterocycles. The van der Waals surface area contributed by atoms with Crippen molar-refractivity contribution < 1.29 is 31.6 Å². The number of aromatic nitrogens is 3. The molecule has 2 atom stereocenters. The molecular weight excluding hydrogens is 601 g/mol. The van der Waals surface area contributed by atoms with Crippen LogP contribution in [-0.2, 0) is 30.9 Å². The van der Waals surface area contributed by atoms with Gasteiger partial charge in [0, 0.05) is 30.3 Å². The van der Waals surface area contributed by atoms with E-state index in [9.17, 15) is 13.7 Å². The molecule has 13 heteroatoms. The quantitative estimate of drug-likeness (QED) is 0.127. The van der Waals surface area contributed by atoms with E-state index in [1.165, 1.54) is 0 Å². The molecule has 3 aromatic rings. The minimum Gasteiger partial charge on any atom is -0.543 e. The van der Waals surface area contributed by atoms with E-state index < -0.39 is 18.4 Å². The third kappa shape index (κ3) is 8.71. The van der Waals surface area contributed by atoms with Crippen molar-refractivity contribution in [1.82, 2.24) is 14.3 Å². The second kappa shape index (κ2) is 14.1. The highest BCUT2D eigenvalue weighted by Gasteiger charge is 2.39. The summed E-state index contributed by atoms with van der Waals surface area (Å²) in [5, 5.41) is 16.0. The van der Waals surface area contributed by atoms with Gasteiger partial charge in [-0.3, -0.25) is 4.55 Å². The van der Waals surface area contributed by atoms with E-state index in [0.717, 1.165) is 47.2 Å². The zero-order valence-electron chi connectivity index (χ0n) is 26.7. The summed E-state index contributed by atoms with van der Waals surface area (Å²) in [5.41, 5.74) is 3.08. The molecule has 1 fully saturated rings. The van der Waals surface area contributed by atoms with Crippen molar-refractivity contribution >= 4 is 29.3 Å². The van der Waals surface area contributed by atoms with Crippen LogP contribution < -0.4 is 4.43 Å². The Morgan fingerprint density at radius 2 is 1.93 bits per heavy atom. The summed E-state index contributed by atoms with van der Waals surface area (Å²) in [6.45, 7) is 15.2. The Labute approximate surface area is 261 Å². The van der Waals surface area contributed by atoms with Crippen LogP contribution in [0.4, 0.5) is 0 Å². The fourth-order valence-corrected chi connectivity index (χ4v) is 6.81. The first-order valence-corrected chi connectivity index (χ1v) is 19.7. The first-order chi connectivity index (χ1) is 20.7. The number of rotatable bonds is 14. The molecule has 1 unspecified atom stereocenters. The summed E-state index contributed by atoms with van der Waals surface area (Å²) in [6, 6.07) is 10.3. The molecule has 0 aliphatic carbocycles. The summed E-state index contributed by atoms with van der Waals surface area (Å²) >= 11 is 0. The van der Waals surface area contributed by atoms with Gasteiger partial charge in [-0.1, -0.05) is 27.7 Å². The normalized spacial score (nSPS) is 17.1. The molecular formula is C31H46N4O7SSi. The summed E-state index contributed by atoms with van der Waals surface area (Å²) in [4.78, 5) is 0. The second-order valence-electron chi connectivity index (χ2n) is 13.1. The van der Waals surface area contributed by atoms with Gasteiger partial charge in [-0.05, 0) is 67.6 Å². The van der Waals surface area contributed by atoms with Crippen LogP contribution in [0.5, 0.6) is 5.75 Å². The molecule has 1 aliphatic rings. The highest BCUT2D eigenvalue weighted by Crippen LogP contribution is 2.40. The highest BCUT2D eigenvalue weighted by molar-refractivity contribution is 7.85. The van der Waals surface area contributed by atoms with E-state index in [0.29, 0.717) is 38.7 Å². The van der Waals surface area contributed by atoms with Gasteiger partial charge < -0.3 is 23.2 Å². The number of hydrogen-bond donors (Lipinski definition) is 1. The van der Waals surface area contributed by atoms with Gasteiger partial charge in [0.25, 0.3) is 10.1 Å². The molecule has 0 saturated carbocycles. The van der Waals surface area contributed by atoms with E-state index in [2.05, 4.69) is 52.1 Å². The topological polar surface area (TPSA) is 138 Å². The van der Waals surface area contributed by atoms with Gasteiger partial charge >= 0.3 is 0 Å². The minimum absolute atomic E-state index is 0.0551. The zero-order valence-corrected chi connectivity index (χ0v) is 28.5. The van der Waals surface area contributed by atoms with Crippen molar-refractivity contribution in [1.29, 1.82) is 5.26 Å². The molecule has 0 radical (unpaired) electrons. The Balaban J connectivity index is 1.50. The highest BCUT2D eigenvalue weighted by atomic mass is 32.2. The zero-order chi connectivity index (χ0) is 32.1. The Morgan fingerprint density at radius 1 is 1.18 bits per heavy atom. The van der Waals surface area contributed by atoms with E-state index in [1.54, 1.807) is 6.92 Å². The summed E-state index contributed by atoms with van der Waals surface area (Å²) in [6.07, 6.45) is 4.81. The van der Waals surface area contributed by atoms with Crippen molar-refractivity contribution in [2.24, 2.45) is 5.92 Å². The van der Waals surface area contributed by atoms with Gasteiger partial charge in [0.05, 0.1) is 37.7 Å². The van der Waals surface area contributed by atoms with Crippen LogP contribution in [0.1, 0.15) is 58.9 Å². The number of nitrogens with zero attached hydrogens (tertiary/aromatic N) is 4. The smallest absolute Gasteiger partial charge is 0.265 e. The Hall–Kier alpha value is -2.73. The van der Waals surface area contributed by atoms with Crippen LogP contribution in [0.2, 0.25) is 18.1 Å². The van der Waals surface area contributed by atoms with E-state index in [1.807, 2.05) is 27.6 Å². The first kappa shape index (κ1) is 34.1. The molecule has 0 amide bonds. The van der Waals surface area contributed by atoms with E-state index in [4.69, 9.17) is 28.3 Å². The number of nitriles is 1. The lowest BCUT2D eigenvalue weighted by Gasteiger charge is -2.36. The van der Waals surface area contributed by atoms with Crippen molar-refractivity contribution in [3.05, 3.63) is 36.2 Å². The van der Waals surface area contributed by atoms with Crippen LogP contribution in [0.3, 0.4) is 0 Å². The maximum atomic E-state index is 11.0. The maximum Gasteiger partial charge on any atom is 0.265 e. The fraction of sp³-hybridized carbons (Fsp3) is 0.613. The number of hydrogen-bond acceptors (Lipinski definition) is 8. The first-order valence-electron chi connectivity index (χ1n) is 15.2.